The second-order valence-corrected chi connectivity index (χ2v) is 3.44. The number of hydrogen-bond acceptors (Lipinski definition) is 1. The Hall–Kier alpha value is 0.270. The molecule has 0 bridgehead atoms. The van der Waals surface area contributed by atoms with E-state index < -0.39 is 0 Å². The molecule has 1 aromatic carbocycles. The smallest absolute Gasteiger partial charge is 0.0469 e. The van der Waals surface area contributed by atoms with Crippen LogP contribution in [0.5, 0.6) is 0 Å². The lowest BCUT2D eigenvalue weighted by atomic mass is 10.3. The first kappa shape index (κ1) is 10.3. The third-order valence-corrected chi connectivity index (χ3v) is 2.17. The molecule has 0 heterocycles. The zero-order valence-electron chi connectivity index (χ0n) is 4.97. The molecular weight excluding hydrogens is 281 g/mol. The summed E-state index contributed by atoms with van der Waals surface area (Å²) >= 11 is 6.58. The molecule has 0 saturated carbocycles. The van der Waals surface area contributed by atoms with Crippen molar-refractivity contribution < 1.29 is 0 Å². The van der Waals surface area contributed by atoms with Gasteiger partial charge >= 0.3 is 0 Å². The van der Waals surface area contributed by atoms with E-state index in [2.05, 4.69) is 31.9 Å². The maximum atomic E-state index is 5.54. The number of rotatable bonds is 0. The zero-order valence-corrected chi connectivity index (χ0v) is 8.96. The van der Waals surface area contributed by atoms with Gasteiger partial charge in [0.05, 0.1) is 0 Å². The third-order valence-electron chi connectivity index (χ3n) is 0.958. The Bertz CT molecular complexity index is 227. The van der Waals surface area contributed by atoms with Gasteiger partial charge in [0.2, 0.25) is 0 Å². The van der Waals surface area contributed by atoms with Crippen molar-refractivity contribution >= 4 is 50.0 Å². The minimum Gasteiger partial charge on any atom is -0.398 e. The lowest BCUT2D eigenvalue weighted by molar-refractivity contribution is 1.59. The summed E-state index contributed by atoms with van der Waals surface area (Å²) in [5.41, 5.74) is 6.30. The van der Waals surface area contributed by atoms with E-state index in [-0.39, 0.29) is 12.4 Å². The molecular formula is C6H6Br2ClN. The van der Waals surface area contributed by atoms with Gasteiger partial charge in [0.25, 0.3) is 0 Å². The van der Waals surface area contributed by atoms with Crippen LogP contribution in [0.2, 0.25) is 0 Å². The number of nitrogens with two attached hydrogens (primary N) is 1. The highest BCUT2D eigenvalue weighted by atomic mass is 79.9. The quantitative estimate of drug-likeness (QED) is 0.729. The van der Waals surface area contributed by atoms with Gasteiger partial charge in [-0.05, 0) is 34.1 Å². The first-order valence-electron chi connectivity index (χ1n) is 2.40. The predicted molar refractivity (Wildman–Crippen MR) is 53.5 cm³/mol. The fraction of sp³-hybridized carbons (Fsp3) is 0. The minimum absolute atomic E-state index is 0. The van der Waals surface area contributed by atoms with Crippen LogP contribution in [0, 0.1) is 0 Å². The van der Waals surface area contributed by atoms with Crippen molar-refractivity contribution in [1.82, 2.24) is 0 Å². The van der Waals surface area contributed by atoms with Crippen LogP contribution in [-0.4, -0.2) is 0 Å². The maximum absolute atomic E-state index is 5.54. The van der Waals surface area contributed by atoms with E-state index in [0.717, 1.165) is 14.6 Å². The van der Waals surface area contributed by atoms with Gasteiger partial charge < -0.3 is 5.73 Å². The normalized spacial score (nSPS) is 8.60. The van der Waals surface area contributed by atoms with Gasteiger partial charge in [-0.1, -0.05) is 15.9 Å². The SMILES string of the molecule is Cl.Nc1cc(Br)ccc1Br. The summed E-state index contributed by atoms with van der Waals surface area (Å²) in [5.74, 6) is 0. The molecule has 0 aliphatic heterocycles. The predicted octanol–water partition coefficient (Wildman–Crippen LogP) is 3.22. The van der Waals surface area contributed by atoms with Gasteiger partial charge in [0.15, 0.2) is 0 Å². The first-order chi connectivity index (χ1) is 4.20. The van der Waals surface area contributed by atoms with Crippen molar-refractivity contribution in [3.63, 3.8) is 0 Å². The Kier molecular flexibility index (Phi) is 4.32. The fourth-order valence-electron chi connectivity index (χ4n) is 0.515. The van der Waals surface area contributed by atoms with Crippen molar-refractivity contribution in [2.75, 3.05) is 5.73 Å². The molecule has 2 N–H and O–H groups in total. The Morgan fingerprint density at radius 2 is 1.80 bits per heavy atom. The number of nitrogen functional groups attached to an aromatic ring is 1. The summed E-state index contributed by atoms with van der Waals surface area (Å²) in [4.78, 5) is 0. The second kappa shape index (κ2) is 4.21. The van der Waals surface area contributed by atoms with Crippen molar-refractivity contribution in [3.8, 4) is 0 Å². The summed E-state index contributed by atoms with van der Waals surface area (Å²) in [6.07, 6.45) is 0. The molecule has 56 valence electrons. The highest BCUT2D eigenvalue weighted by Crippen LogP contribution is 2.22. The van der Waals surface area contributed by atoms with E-state index >= 15 is 0 Å². The molecule has 1 nitrogen and oxygen atoms in total. The molecule has 0 amide bonds. The summed E-state index contributed by atoms with van der Waals surface area (Å²) in [7, 11) is 0. The highest BCUT2D eigenvalue weighted by Gasteiger charge is 1.92. The van der Waals surface area contributed by atoms with Gasteiger partial charge in [0.1, 0.15) is 0 Å². The lowest BCUT2D eigenvalue weighted by Gasteiger charge is -1.95. The van der Waals surface area contributed by atoms with Crippen molar-refractivity contribution in [2.24, 2.45) is 0 Å². The molecule has 0 aromatic heterocycles. The van der Waals surface area contributed by atoms with Crippen LogP contribution < -0.4 is 5.73 Å². The van der Waals surface area contributed by atoms with Gasteiger partial charge in [-0.3, -0.25) is 0 Å². The Balaban J connectivity index is 0.000000810. The Morgan fingerprint density at radius 3 is 2.20 bits per heavy atom. The molecule has 0 spiro atoms. The summed E-state index contributed by atoms with van der Waals surface area (Å²) in [6, 6.07) is 5.68. The minimum atomic E-state index is 0. The third kappa shape index (κ3) is 2.48. The first-order valence-corrected chi connectivity index (χ1v) is 3.99. The second-order valence-electron chi connectivity index (χ2n) is 1.67. The van der Waals surface area contributed by atoms with Crippen LogP contribution in [0.3, 0.4) is 0 Å². The van der Waals surface area contributed by atoms with Crippen LogP contribution in [0.15, 0.2) is 27.1 Å². The zero-order chi connectivity index (χ0) is 6.85. The number of anilines is 1. The molecule has 1 rings (SSSR count). The van der Waals surface area contributed by atoms with Crippen molar-refractivity contribution in [2.45, 2.75) is 0 Å². The lowest BCUT2D eigenvalue weighted by Crippen LogP contribution is -1.84. The van der Waals surface area contributed by atoms with Gasteiger partial charge in [-0.15, -0.1) is 12.4 Å². The van der Waals surface area contributed by atoms with E-state index in [1.165, 1.54) is 0 Å². The van der Waals surface area contributed by atoms with Crippen molar-refractivity contribution in [1.29, 1.82) is 0 Å². The highest BCUT2D eigenvalue weighted by molar-refractivity contribution is 9.11. The molecule has 0 unspecified atom stereocenters. The summed E-state index contributed by atoms with van der Waals surface area (Å²) in [6.45, 7) is 0. The topological polar surface area (TPSA) is 26.0 Å². The fourth-order valence-corrected chi connectivity index (χ4v) is 1.14. The molecule has 4 heteroatoms. The van der Waals surface area contributed by atoms with Crippen LogP contribution in [0.1, 0.15) is 0 Å². The largest absolute Gasteiger partial charge is 0.398 e. The van der Waals surface area contributed by atoms with E-state index in [9.17, 15) is 0 Å². The average molecular weight is 287 g/mol. The van der Waals surface area contributed by atoms with Crippen LogP contribution in [-0.2, 0) is 0 Å². The van der Waals surface area contributed by atoms with Gasteiger partial charge in [0, 0.05) is 14.6 Å². The molecule has 0 atom stereocenters. The van der Waals surface area contributed by atoms with Crippen LogP contribution in [0.4, 0.5) is 5.69 Å². The molecule has 0 saturated heterocycles. The van der Waals surface area contributed by atoms with E-state index in [1.54, 1.807) is 0 Å². The van der Waals surface area contributed by atoms with E-state index in [1.807, 2.05) is 18.2 Å². The van der Waals surface area contributed by atoms with Crippen molar-refractivity contribution in [3.05, 3.63) is 27.1 Å². The van der Waals surface area contributed by atoms with E-state index in [0.29, 0.717) is 0 Å². The number of hydrogen-bond donors (Lipinski definition) is 1. The Morgan fingerprint density at radius 1 is 1.20 bits per heavy atom. The molecule has 10 heavy (non-hydrogen) atoms. The Labute approximate surface area is 82.7 Å². The molecule has 0 fully saturated rings. The van der Waals surface area contributed by atoms with Crippen LogP contribution in [0.25, 0.3) is 0 Å². The molecule has 0 aliphatic carbocycles. The number of halogens is 3. The molecule has 0 aliphatic rings. The van der Waals surface area contributed by atoms with Gasteiger partial charge in [-0.2, -0.15) is 0 Å². The molecule has 0 radical (unpaired) electrons. The van der Waals surface area contributed by atoms with E-state index in [4.69, 9.17) is 5.73 Å². The standard InChI is InChI=1S/C6H5Br2N.ClH/c7-4-1-2-5(8)6(9)3-4;/h1-3H,9H2;1H. The molecule has 1 aromatic rings. The summed E-state index contributed by atoms with van der Waals surface area (Å²) in [5, 5.41) is 0. The van der Waals surface area contributed by atoms with Crippen LogP contribution >= 0.6 is 44.3 Å². The average Bonchev–Trinajstić information content (AvgIpc) is 1.80. The van der Waals surface area contributed by atoms with Gasteiger partial charge in [-0.25, -0.2) is 0 Å². The monoisotopic (exact) mass is 285 g/mol. The summed E-state index contributed by atoms with van der Waals surface area (Å²) < 4.78 is 1.94. The number of benzene rings is 1. The maximum Gasteiger partial charge on any atom is 0.0469 e.